The van der Waals surface area contributed by atoms with Crippen LogP contribution in [-0.2, 0) is 11.3 Å². The summed E-state index contributed by atoms with van der Waals surface area (Å²) in [6.45, 7) is 2.56. The van der Waals surface area contributed by atoms with Gasteiger partial charge in [-0.25, -0.2) is 0 Å². The monoisotopic (exact) mass is 202 g/mol. The molecule has 0 amide bonds. The van der Waals surface area contributed by atoms with Gasteiger partial charge in [0.05, 0.1) is 6.61 Å². The molecule has 2 nitrogen and oxygen atoms in total. The van der Waals surface area contributed by atoms with E-state index >= 15 is 0 Å². The van der Waals surface area contributed by atoms with Crippen molar-refractivity contribution in [3.05, 3.63) is 47.7 Å². The maximum atomic E-state index is 5.67. The number of methoxy groups -OCH3 is 1. The van der Waals surface area contributed by atoms with Crippen LogP contribution in [0.3, 0.4) is 0 Å². The van der Waals surface area contributed by atoms with E-state index in [1.165, 1.54) is 0 Å². The third-order valence-electron chi connectivity index (χ3n) is 2.38. The Bertz CT molecular complexity index is 429. The highest BCUT2D eigenvalue weighted by Crippen LogP contribution is 2.25. The summed E-state index contributed by atoms with van der Waals surface area (Å²) in [5.74, 6) is 1.83. The van der Waals surface area contributed by atoms with Crippen LogP contribution in [0.25, 0.3) is 11.3 Å². The number of ether oxygens (including phenoxy) is 1. The minimum absolute atomic E-state index is 0.599. The molecule has 0 saturated carbocycles. The first-order valence-electron chi connectivity index (χ1n) is 4.95. The summed E-state index contributed by atoms with van der Waals surface area (Å²) >= 11 is 0. The third kappa shape index (κ3) is 2.10. The molecule has 0 bridgehead atoms. The molecule has 0 spiro atoms. The predicted molar refractivity (Wildman–Crippen MR) is 59.6 cm³/mol. The van der Waals surface area contributed by atoms with Gasteiger partial charge in [-0.3, -0.25) is 0 Å². The van der Waals surface area contributed by atoms with E-state index in [-0.39, 0.29) is 0 Å². The molecule has 78 valence electrons. The Morgan fingerprint density at radius 3 is 2.60 bits per heavy atom. The lowest BCUT2D eigenvalue weighted by Gasteiger charge is -1.93. The fourth-order valence-electron chi connectivity index (χ4n) is 1.56. The average molecular weight is 202 g/mol. The highest BCUT2D eigenvalue weighted by molar-refractivity contribution is 5.58. The average Bonchev–Trinajstić information content (AvgIpc) is 2.63. The van der Waals surface area contributed by atoms with Gasteiger partial charge in [-0.1, -0.05) is 30.3 Å². The summed E-state index contributed by atoms with van der Waals surface area (Å²) in [7, 11) is 1.69. The van der Waals surface area contributed by atoms with Gasteiger partial charge < -0.3 is 9.15 Å². The topological polar surface area (TPSA) is 22.4 Å². The standard InChI is InChI=1S/C13H14O2/c1-10-12(9-14-2)8-13(15-10)11-6-4-3-5-7-11/h3-8H,9H2,1-2H3. The fourth-order valence-corrected chi connectivity index (χ4v) is 1.56. The minimum Gasteiger partial charge on any atom is -0.461 e. The molecule has 1 heterocycles. The van der Waals surface area contributed by atoms with Crippen LogP contribution in [0.5, 0.6) is 0 Å². The molecule has 0 atom stereocenters. The third-order valence-corrected chi connectivity index (χ3v) is 2.38. The van der Waals surface area contributed by atoms with Crippen LogP contribution in [0, 0.1) is 6.92 Å². The maximum Gasteiger partial charge on any atom is 0.134 e. The lowest BCUT2D eigenvalue weighted by molar-refractivity contribution is 0.183. The molecule has 1 aromatic heterocycles. The van der Waals surface area contributed by atoms with Crippen LogP contribution < -0.4 is 0 Å². The van der Waals surface area contributed by atoms with Crippen molar-refractivity contribution < 1.29 is 9.15 Å². The molecule has 0 aliphatic carbocycles. The van der Waals surface area contributed by atoms with Crippen LogP contribution >= 0.6 is 0 Å². The molecule has 15 heavy (non-hydrogen) atoms. The second-order valence-electron chi connectivity index (χ2n) is 3.49. The summed E-state index contributed by atoms with van der Waals surface area (Å²) < 4.78 is 10.8. The Kier molecular flexibility index (Phi) is 2.88. The summed E-state index contributed by atoms with van der Waals surface area (Å²) in [6.07, 6.45) is 0. The van der Waals surface area contributed by atoms with Gasteiger partial charge in [0.25, 0.3) is 0 Å². The number of benzene rings is 1. The smallest absolute Gasteiger partial charge is 0.134 e. The molecule has 0 radical (unpaired) electrons. The van der Waals surface area contributed by atoms with E-state index in [9.17, 15) is 0 Å². The quantitative estimate of drug-likeness (QED) is 0.761. The van der Waals surface area contributed by atoms with Gasteiger partial charge in [-0.05, 0) is 13.0 Å². The summed E-state index contributed by atoms with van der Waals surface area (Å²) in [5.41, 5.74) is 2.21. The first-order valence-corrected chi connectivity index (χ1v) is 4.95. The zero-order valence-electron chi connectivity index (χ0n) is 8.99. The van der Waals surface area contributed by atoms with E-state index in [1.807, 2.05) is 43.3 Å². The van der Waals surface area contributed by atoms with Gasteiger partial charge in [0.1, 0.15) is 11.5 Å². The zero-order valence-corrected chi connectivity index (χ0v) is 8.99. The van der Waals surface area contributed by atoms with Gasteiger partial charge >= 0.3 is 0 Å². The Morgan fingerprint density at radius 1 is 1.20 bits per heavy atom. The summed E-state index contributed by atoms with van der Waals surface area (Å²) in [6, 6.07) is 12.1. The molecule has 0 aliphatic heterocycles. The molecular weight excluding hydrogens is 188 g/mol. The van der Waals surface area contributed by atoms with Crippen LogP contribution in [0.4, 0.5) is 0 Å². The number of rotatable bonds is 3. The van der Waals surface area contributed by atoms with Gasteiger partial charge in [0, 0.05) is 18.2 Å². The molecule has 1 aromatic carbocycles. The molecular formula is C13H14O2. The molecule has 0 unspecified atom stereocenters. The number of furan rings is 1. The van der Waals surface area contributed by atoms with Crippen LogP contribution in [0.2, 0.25) is 0 Å². The molecule has 0 aliphatic rings. The molecule has 2 rings (SSSR count). The second-order valence-corrected chi connectivity index (χ2v) is 3.49. The number of aryl methyl sites for hydroxylation is 1. The van der Waals surface area contributed by atoms with Crippen molar-refractivity contribution >= 4 is 0 Å². The van der Waals surface area contributed by atoms with Crippen molar-refractivity contribution in [2.75, 3.05) is 7.11 Å². The highest BCUT2D eigenvalue weighted by atomic mass is 16.5. The van der Waals surface area contributed by atoms with E-state index in [0.717, 1.165) is 22.6 Å². The molecule has 0 saturated heterocycles. The Balaban J connectivity index is 2.34. The SMILES string of the molecule is COCc1cc(-c2ccccc2)oc1C. The van der Waals surface area contributed by atoms with Gasteiger partial charge in [0.15, 0.2) is 0 Å². The number of hydrogen-bond acceptors (Lipinski definition) is 2. The van der Waals surface area contributed by atoms with Crippen molar-refractivity contribution in [3.63, 3.8) is 0 Å². The lowest BCUT2D eigenvalue weighted by Crippen LogP contribution is -1.85. The normalized spacial score (nSPS) is 10.5. The van der Waals surface area contributed by atoms with E-state index in [1.54, 1.807) is 7.11 Å². The minimum atomic E-state index is 0.599. The van der Waals surface area contributed by atoms with Gasteiger partial charge in [0.2, 0.25) is 0 Å². The Hall–Kier alpha value is -1.54. The van der Waals surface area contributed by atoms with Crippen molar-refractivity contribution in [2.24, 2.45) is 0 Å². The van der Waals surface area contributed by atoms with E-state index in [2.05, 4.69) is 0 Å². The van der Waals surface area contributed by atoms with Crippen molar-refractivity contribution in [1.82, 2.24) is 0 Å². The molecule has 0 fully saturated rings. The lowest BCUT2D eigenvalue weighted by atomic mass is 10.1. The predicted octanol–water partition coefficient (Wildman–Crippen LogP) is 3.40. The van der Waals surface area contributed by atoms with Crippen LogP contribution in [0.15, 0.2) is 40.8 Å². The number of hydrogen-bond donors (Lipinski definition) is 0. The summed E-state index contributed by atoms with van der Waals surface area (Å²) in [5, 5.41) is 0. The van der Waals surface area contributed by atoms with Crippen molar-refractivity contribution in [1.29, 1.82) is 0 Å². The summed E-state index contributed by atoms with van der Waals surface area (Å²) in [4.78, 5) is 0. The first kappa shape index (κ1) is 9.99. The van der Waals surface area contributed by atoms with E-state index < -0.39 is 0 Å². The highest BCUT2D eigenvalue weighted by Gasteiger charge is 2.08. The Labute approximate surface area is 89.5 Å². The second kappa shape index (κ2) is 4.32. The van der Waals surface area contributed by atoms with E-state index in [0.29, 0.717) is 6.61 Å². The van der Waals surface area contributed by atoms with Crippen LogP contribution in [-0.4, -0.2) is 7.11 Å². The van der Waals surface area contributed by atoms with Crippen molar-refractivity contribution in [2.45, 2.75) is 13.5 Å². The van der Waals surface area contributed by atoms with E-state index in [4.69, 9.17) is 9.15 Å². The molecule has 0 N–H and O–H groups in total. The van der Waals surface area contributed by atoms with Crippen molar-refractivity contribution in [3.8, 4) is 11.3 Å². The largest absolute Gasteiger partial charge is 0.461 e. The molecule has 2 heteroatoms. The zero-order chi connectivity index (χ0) is 10.7. The molecule has 2 aromatic rings. The Morgan fingerprint density at radius 2 is 1.93 bits per heavy atom. The van der Waals surface area contributed by atoms with Gasteiger partial charge in [-0.15, -0.1) is 0 Å². The fraction of sp³-hybridized carbons (Fsp3) is 0.231. The first-order chi connectivity index (χ1) is 7.31. The van der Waals surface area contributed by atoms with Crippen LogP contribution in [0.1, 0.15) is 11.3 Å². The maximum absolute atomic E-state index is 5.67. The van der Waals surface area contributed by atoms with Gasteiger partial charge in [-0.2, -0.15) is 0 Å².